The molecule has 1 heteroatoms. The summed E-state index contributed by atoms with van der Waals surface area (Å²) in [6.45, 7) is 7.56. The summed E-state index contributed by atoms with van der Waals surface area (Å²) in [5, 5.41) is 0. The first-order chi connectivity index (χ1) is 9.88. The van der Waals surface area contributed by atoms with Crippen molar-refractivity contribution in [3.05, 3.63) is 0 Å². The van der Waals surface area contributed by atoms with E-state index >= 15 is 0 Å². The van der Waals surface area contributed by atoms with Crippen molar-refractivity contribution in [1.29, 1.82) is 0 Å². The smallest absolute Gasteiger partial charge is 0.0182 e. The summed E-state index contributed by atoms with van der Waals surface area (Å²) in [5.41, 5.74) is 7.94. The largest absolute Gasteiger partial charge is 0.325 e. The Labute approximate surface area is 131 Å². The Morgan fingerprint density at radius 1 is 0.762 bits per heavy atom. The molecule has 0 aromatic rings. The fourth-order valence-corrected chi connectivity index (χ4v) is 7.60. The second-order valence-corrected chi connectivity index (χ2v) is 9.81. The van der Waals surface area contributed by atoms with Gasteiger partial charge in [-0.15, -0.1) is 0 Å². The Bertz CT molecular complexity index is 428. The van der Waals surface area contributed by atoms with E-state index in [4.69, 9.17) is 5.73 Å². The number of fused-ring (bicyclic) bond motifs is 5. The minimum absolute atomic E-state index is 0.0902. The molecule has 0 spiro atoms. The van der Waals surface area contributed by atoms with Gasteiger partial charge in [-0.2, -0.15) is 0 Å². The molecule has 4 fully saturated rings. The third-order valence-electron chi connectivity index (χ3n) is 9.25. The van der Waals surface area contributed by atoms with Crippen LogP contribution in [-0.4, -0.2) is 5.54 Å². The number of nitrogens with two attached hydrogens (primary N) is 1. The molecule has 0 aromatic heterocycles. The summed E-state index contributed by atoms with van der Waals surface area (Å²) in [6.07, 6.45) is 14.6. The fourth-order valence-electron chi connectivity index (χ4n) is 7.60. The molecule has 0 aromatic carbocycles. The average Bonchev–Trinajstić information content (AvgIpc) is 2.69. The van der Waals surface area contributed by atoms with Crippen LogP contribution in [-0.2, 0) is 0 Å². The van der Waals surface area contributed by atoms with E-state index in [-0.39, 0.29) is 5.54 Å². The Morgan fingerprint density at radius 3 is 2.33 bits per heavy atom. The van der Waals surface area contributed by atoms with Gasteiger partial charge in [-0.25, -0.2) is 0 Å². The van der Waals surface area contributed by atoms with Gasteiger partial charge in [0, 0.05) is 5.54 Å². The van der Waals surface area contributed by atoms with Gasteiger partial charge in [-0.05, 0) is 92.8 Å². The highest BCUT2D eigenvalue weighted by molar-refractivity contribution is 5.14. The Morgan fingerprint density at radius 2 is 1.52 bits per heavy atom. The predicted octanol–water partition coefficient (Wildman–Crippen LogP) is 5.14. The lowest BCUT2D eigenvalue weighted by Gasteiger charge is -2.61. The zero-order valence-electron chi connectivity index (χ0n) is 14.5. The molecule has 7 atom stereocenters. The van der Waals surface area contributed by atoms with Gasteiger partial charge in [0.05, 0.1) is 0 Å². The van der Waals surface area contributed by atoms with Crippen molar-refractivity contribution in [3.8, 4) is 0 Å². The van der Waals surface area contributed by atoms with Crippen LogP contribution < -0.4 is 5.73 Å². The van der Waals surface area contributed by atoms with Crippen molar-refractivity contribution in [2.24, 2.45) is 40.2 Å². The van der Waals surface area contributed by atoms with Gasteiger partial charge >= 0.3 is 0 Å². The highest BCUT2D eigenvalue weighted by Crippen LogP contribution is 2.67. The summed E-state index contributed by atoms with van der Waals surface area (Å²) >= 11 is 0. The monoisotopic (exact) mass is 289 g/mol. The van der Waals surface area contributed by atoms with Crippen molar-refractivity contribution in [3.63, 3.8) is 0 Å². The molecule has 2 unspecified atom stereocenters. The summed E-state index contributed by atoms with van der Waals surface area (Å²) in [4.78, 5) is 0. The molecule has 1 nitrogen and oxygen atoms in total. The first-order valence-electron chi connectivity index (χ1n) is 9.67. The maximum absolute atomic E-state index is 6.75. The van der Waals surface area contributed by atoms with Crippen LogP contribution in [0.25, 0.3) is 0 Å². The Hall–Kier alpha value is -0.0400. The number of rotatable bonds is 0. The fraction of sp³-hybridized carbons (Fsp3) is 1.00. The lowest BCUT2D eigenvalue weighted by atomic mass is 9.44. The van der Waals surface area contributed by atoms with Gasteiger partial charge in [0.15, 0.2) is 0 Å². The zero-order valence-corrected chi connectivity index (χ0v) is 14.5. The van der Waals surface area contributed by atoms with Gasteiger partial charge in [0.25, 0.3) is 0 Å². The van der Waals surface area contributed by atoms with Crippen molar-refractivity contribution < 1.29 is 0 Å². The lowest BCUT2D eigenvalue weighted by Crippen LogP contribution is -2.57. The molecule has 0 heterocycles. The molecular formula is C20H35N. The van der Waals surface area contributed by atoms with Gasteiger partial charge in [0.1, 0.15) is 0 Å². The first kappa shape index (κ1) is 14.5. The van der Waals surface area contributed by atoms with E-state index < -0.39 is 0 Å². The molecule has 4 aliphatic rings. The zero-order chi connectivity index (χ0) is 14.9. The lowest BCUT2D eigenvalue weighted by molar-refractivity contribution is -0.112. The molecule has 0 radical (unpaired) electrons. The molecule has 21 heavy (non-hydrogen) atoms. The topological polar surface area (TPSA) is 26.0 Å². The van der Waals surface area contributed by atoms with E-state index in [2.05, 4.69) is 20.8 Å². The summed E-state index contributed by atoms with van der Waals surface area (Å²) in [5.74, 6) is 3.98. The van der Waals surface area contributed by atoms with Crippen LogP contribution in [0, 0.1) is 34.5 Å². The molecule has 0 bridgehead atoms. The van der Waals surface area contributed by atoms with Crippen LogP contribution in [0.1, 0.15) is 85.0 Å². The van der Waals surface area contributed by atoms with Crippen LogP contribution in [0.2, 0.25) is 0 Å². The van der Waals surface area contributed by atoms with E-state index in [0.29, 0.717) is 10.8 Å². The van der Waals surface area contributed by atoms with Crippen molar-refractivity contribution >= 4 is 0 Å². The van der Waals surface area contributed by atoms with E-state index in [9.17, 15) is 0 Å². The summed E-state index contributed by atoms with van der Waals surface area (Å²) in [6, 6.07) is 0. The minimum Gasteiger partial charge on any atom is -0.325 e. The quantitative estimate of drug-likeness (QED) is 0.657. The van der Waals surface area contributed by atoms with E-state index in [0.717, 1.165) is 23.7 Å². The van der Waals surface area contributed by atoms with Crippen LogP contribution in [0.15, 0.2) is 0 Å². The highest BCUT2D eigenvalue weighted by atomic mass is 14.8. The van der Waals surface area contributed by atoms with E-state index in [1.807, 2.05) is 0 Å². The maximum Gasteiger partial charge on any atom is 0.0182 e. The van der Waals surface area contributed by atoms with Gasteiger partial charge in [-0.3, -0.25) is 0 Å². The second-order valence-electron chi connectivity index (χ2n) is 9.81. The van der Waals surface area contributed by atoms with Gasteiger partial charge in [-0.1, -0.05) is 26.7 Å². The summed E-state index contributed by atoms with van der Waals surface area (Å²) < 4.78 is 0. The van der Waals surface area contributed by atoms with Crippen molar-refractivity contribution in [1.82, 2.24) is 0 Å². The normalized spacial score (nSPS) is 60.0. The van der Waals surface area contributed by atoms with Crippen molar-refractivity contribution in [2.45, 2.75) is 90.5 Å². The molecule has 4 rings (SSSR count). The molecule has 0 amide bonds. The average molecular weight is 290 g/mol. The molecule has 120 valence electrons. The third kappa shape index (κ3) is 1.79. The third-order valence-corrected chi connectivity index (χ3v) is 9.25. The van der Waals surface area contributed by atoms with Gasteiger partial charge < -0.3 is 5.73 Å². The van der Waals surface area contributed by atoms with Gasteiger partial charge in [0.2, 0.25) is 0 Å². The first-order valence-corrected chi connectivity index (χ1v) is 9.67. The number of hydrogen-bond acceptors (Lipinski definition) is 1. The summed E-state index contributed by atoms with van der Waals surface area (Å²) in [7, 11) is 0. The van der Waals surface area contributed by atoms with Crippen LogP contribution in [0.4, 0.5) is 0 Å². The van der Waals surface area contributed by atoms with Crippen molar-refractivity contribution in [2.75, 3.05) is 0 Å². The Balaban J connectivity index is 1.66. The molecule has 4 saturated carbocycles. The molecular weight excluding hydrogens is 254 g/mol. The van der Waals surface area contributed by atoms with Crippen LogP contribution in [0.5, 0.6) is 0 Å². The highest BCUT2D eigenvalue weighted by Gasteiger charge is 2.62. The molecule has 4 aliphatic carbocycles. The SMILES string of the molecule is CC1(N)CC[C@H]2[C@@H]3CCC4CCCC[C@]4(C)[C@@H]3CC[C@@]21C. The molecule has 2 N–H and O–H groups in total. The van der Waals surface area contributed by atoms with Crippen LogP contribution in [0.3, 0.4) is 0 Å². The maximum atomic E-state index is 6.75. The number of hydrogen-bond donors (Lipinski definition) is 1. The van der Waals surface area contributed by atoms with Crippen LogP contribution >= 0.6 is 0 Å². The predicted molar refractivity (Wildman–Crippen MR) is 88.9 cm³/mol. The second kappa shape index (κ2) is 4.49. The standard InChI is InChI=1S/C20H35N/c1-18-11-5-4-6-14(18)7-8-15-16(18)9-12-19(2)17(15)10-13-20(19,3)21/h14-17H,4-13,21H2,1-3H3/t14?,15-,16-,17+,18+,19+,20?/m1/s1. The minimum atomic E-state index is 0.0902. The Kier molecular flexibility index (Phi) is 3.11. The van der Waals surface area contributed by atoms with E-state index in [1.54, 1.807) is 0 Å². The molecule has 0 saturated heterocycles. The molecule has 0 aliphatic heterocycles. The van der Waals surface area contributed by atoms with E-state index in [1.165, 1.54) is 64.2 Å².